The highest BCUT2D eigenvalue weighted by atomic mass is 35.5. The Bertz CT molecular complexity index is 1970. The van der Waals surface area contributed by atoms with Crippen LogP contribution in [0.3, 0.4) is 0 Å². The third-order valence-corrected chi connectivity index (χ3v) is 10.1. The Kier molecular flexibility index (Phi) is 11.2. The van der Waals surface area contributed by atoms with Gasteiger partial charge in [-0.25, -0.2) is 23.8 Å². The lowest BCUT2D eigenvalue weighted by molar-refractivity contribution is -0.136. The Morgan fingerprint density at radius 3 is 2.62 bits per heavy atom. The number of hydrogen-bond acceptors (Lipinski definition) is 11. The van der Waals surface area contributed by atoms with Crippen molar-refractivity contribution in [1.82, 2.24) is 25.4 Å². The number of esters is 1. The number of Topliss-reactive ketones (excluding diaryl/α,β-unsaturated/α-hetero) is 1. The largest absolute Gasteiger partial charge is 0.466 e. The number of aliphatic imine (C=N–C) groups is 1. The fourth-order valence-electron chi connectivity index (χ4n) is 6.72. The first kappa shape index (κ1) is 37.9. The average molecular weight is 766 g/mol. The number of halogens is 2. The summed E-state index contributed by atoms with van der Waals surface area (Å²) in [5.74, 6) is -0.789. The van der Waals surface area contributed by atoms with E-state index in [1.807, 2.05) is 28.5 Å². The number of alkyl carbamates (subject to hydrolysis) is 1. The summed E-state index contributed by atoms with van der Waals surface area (Å²) in [4.78, 5) is 66.9. The van der Waals surface area contributed by atoms with Crippen molar-refractivity contribution >= 4 is 58.3 Å². The van der Waals surface area contributed by atoms with E-state index in [1.54, 1.807) is 37.9 Å². The van der Waals surface area contributed by atoms with E-state index >= 15 is 0 Å². The number of nitrogens with zero attached hydrogens (tertiary/aromatic N) is 5. The van der Waals surface area contributed by atoms with Crippen LogP contribution in [-0.4, -0.2) is 96.0 Å². The van der Waals surface area contributed by atoms with Gasteiger partial charge in [0, 0.05) is 72.7 Å². The molecule has 3 aliphatic heterocycles. The molecule has 3 aromatic rings. The topological polar surface area (TPSA) is 146 Å². The summed E-state index contributed by atoms with van der Waals surface area (Å²) >= 11 is 7.89. The first-order valence-electron chi connectivity index (χ1n) is 17.1. The van der Waals surface area contributed by atoms with E-state index in [0.717, 1.165) is 0 Å². The van der Waals surface area contributed by atoms with Crippen LogP contribution in [0.2, 0.25) is 5.02 Å². The number of anilines is 1. The molecule has 3 atom stereocenters. The van der Waals surface area contributed by atoms with Crippen molar-refractivity contribution in [2.75, 3.05) is 44.7 Å². The van der Waals surface area contributed by atoms with Gasteiger partial charge in [0.2, 0.25) is 0 Å². The Morgan fingerprint density at radius 1 is 1.15 bits per heavy atom. The standard InChI is InChI=1S/C37H41ClFN7O6S/c1-21(47)15-28(42-35(49)52-37(2,3)4)22-7-6-8-24(16-22)46-19-25-18-44(12-13-45(25)36(46)50)20-29-30(34(48)51-5)31(26-10-9-23(39)17-27(26)38)43-32(41-29)33-40-11-14-53-33/h6-11,14,16-17,25,28,31H,12-13,15,18-20H2,1-5H3,(H,41,43)(H,42,49)/t25-,28?,31-/m0/s1. The number of nitrogens with one attached hydrogen (secondary N) is 2. The second-order valence-corrected chi connectivity index (χ2v) is 15.4. The SMILES string of the molecule is COC(=O)C1=C(CN2CCN3C(=O)N(c4cccc(C(CC(C)=O)NC(=O)OC(C)(C)C)c4)C[C@@H]3C2)NC(c2nccs2)=N[C@H]1c1ccc(F)cc1Cl. The lowest BCUT2D eigenvalue weighted by atomic mass is 9.95. The van der Waals surface area contributed by atoms with E-state index in [1.165, 1.54) is 43.6 Å². The number of carbonyl (C=O) groups is 4. The lowest BCUT2D eigenvalue weighted by Gasteiger charge is -2.38. The number of ketones is 1. The van der Waals surface area contributed by atoms with E-state index in [9.17, 15) is 23.6 Å². The molecule has 0 radical (unpaired) electrons. The van der Waals surface area contributed by atoms with Gasteiger partial charge in [-0.3, -0.25) is 19.6 Å². The average Bonchev–Trinajstić information content (AvgIpc) is 3.75. The number of fused-ring (bicyclic) bond motifs is 1. The summed E-state index contributed by atoms with van der Waals surface area (Å²) in [6.45, 7) is 8.88. The number of hydrogen-bond donors (Lipinski definition) is 2. The highest BCUT2D eigenvalue weighted by Gasteiger charge is 2.42. The molecule has 13 nitrogen and oxygen atoms in total. The van der Waals surface area contributed by atoms with E-state index in [0.29, 0.717) is 66.1 Å². The minimum atomic E-state index is -0.889. The number of amides is 3. The molecule has 3 amide bonds. The maximum atomic E-state index is 14.1. The number of piperazine rings is 1. The second kappa shape index (κ2) is 15.6. The van der Waals surface area contributed by atoms with Gasteiger partial charge in [0.1, 0.15) is 23.2 Å². The van der Waals surface area contributed by atoms with Crippen molar-refractivity contribution < 1.29 is 33.0 Å². The molecule has 0 bridgehead atoms. The molecule has 4 heterocycles. The number of carbonyl (C=O) groups excluding carboxylic acids is 4. The van der Waals surface area contributed by atoms with Gasteiger partial charge in [-0.15, -0.1) is 11.3 Å². The maximum Gasteiger partial charge on any atom is 0.408 e. The van der Waals surface area contributed by atoms with Crippen LogP contribution in [-0.2, 0) is 19.1 Å². The van der Waals surface area contributed by atoms with Gasteiger partial charge in [0.05, 0.1) is 24.8 Å². The molecule has 0 aliphatic carbocycles. The highest BCUT2D eigenvalue weighted by Crippen LogP contribution is 2.37. The zero-order chi connectivity index (χ0) is 38.0. The maximum absolute atomic E-state index is 14.1. The quantitative estimate of drug-likeness (QED) is 0.251. The molecule has 2 fully saturated rings. The summed E-state index contributed by atoms with van der Waals surface area (Å²) in [5.41, 5.74) is 1.82. The minimum absolute atomic E-state index is 0.0565. The smallest absolute Gasteiger partial charge is 0.408 e. The number of methoxy groups -OCH3 is 1. The van der Waals surface area contributed by atoms with E-state index < -0.39 is 35.6 Å². The number of ether oxygens (including phenoxy) is 2. The van der Waals surface area contributed by atoms with Gasteiger partial charge in [-0.2, -0.15) is 0 Å². The molecule has 1 aromatic heterocycles. The first-order valence-corrected chi connectivity index (χ1v) is 18.4. The zero-order valence-corrected chi connectivity index (χ0v) is 31.6. The van der Waals surface area contributed by atoms with Crippen LogP contribution in [0.1, 0.15) is 62.3 Å². The van der Waals surface area contributed by atoms with E-state index in [2.05, 4.69) is 20.5 Å². The molecule has 3 aliphatic rings. The summed E-state index contributed by atoms with van der Waals surface area (Å²) in [7, 11) is 1.29. The number of aromatic nitrogens is 1. The van der Waals surface area contributed by atoms with Crippen LogP contribution in [0, 0.1) is 5.82 Å². The molecular formula is C37H41ClFN7O6S. The van der Waals surface area contributed by atoms with Gasteiger partial charge >= 0.3 is 18.1 Å². The molecule has 2 saturated heterocycles. The fourth-order valence-corrected chi connectivity index (χ4v) is 7.58. The van der Waals surface area contributed by atoms with Crippen LogP contribution in [0.25, 0.3) is 0 Å². The van der Waals surface area contributed by atoms with Gasteiger partial charge in [-0.05, 0) is 57.5 Å². The summed E-state index contributed by atoms with van der Waals surface area (Å²) in [6.07, 6.45) is 1.07. The Hall–Kier alpha value is -4.86. The second-order valence-electron chi connectivity index (χ2n) is 14.1. The number of urea groups is 1. The van der Waals surface area contributed by atoms with Crippen molar-refractivity contribution in [3.05, 3.63) is 92.3 Å². The molecule has 280 valence electrons. The van der Waals surface area contributed by atoms with Crippen LogP contribution in [0.4, 0.5) is 19.7 Å². The van der Waals surface area contributed by atoms with Crippen LogP contribution >= 0.6 is 22.9 Å². The Labute approximate surface area is 315 Å². The third-order valence-electron chi connectivity index (χ3n) is 9.01. The number of thiazole rings is 1. The monoisotopic (exact) mass is 765 g/mol. The Balaban J connectivity index is 1.23. The molecule has 53 heavy (non-hydrogen) atoms. The van der Waals surface area contributed by atoms with Crippen molar-refractivity contribution in [2.45, 2.75) is 57.8 Å². The number of benzene rings is 2. The first-order chi connectivity index (χ1) is 25.2. The van der Waals surface area contributed by atoms with Gasteiger partial charge in [0.25, 0.3) is 0 Å². The molecular weight excluding hydrogens is 725 g/mol. The van der Waals surface area contributed by atoms with Gasteiger partial charge in [-0.1, -0.05) is 29.8 Å². The summed E-state index contributed by atoms with van der Waals surface area (Å²) in [6, 6.07) is 9.37. The zero-order valence-electron chi connectivity index (χ0n) is 30.0. The minimum Gasteiger partial charge on any atom is -0.466 e. The van der Waals surface area contributed by atoms with Crippen molar-refractivity contribution in [3.63, 3.8) is 0 Å². The van der Waals surface area contributed by atoms with Crippen molar-refractivity contribution in [2.24, 2.45) is 4.99 Å². The predicted octanol–water partition coefficient (Wildman–Crippen LogP) is 5.63. The fraction of sp³-hybridized carbons (Fsp3) is 0.405. The van der Waals surface area contributed by atoms with Crippen molar-refractivity contribution in [1.29, 1.82) is 0 Å². The molecule has 6 rings (SSSR count). The van der Waals surface area contributed by atoms with Crippen LogP contribution < -0.4 is 15.5 Å². The van der Waals surface area contributed by atoms with E-state index in [-0.39, 0.29) is 34.9 Å². The summed E-state index contributed by atoms with van der Waals surface area (Å²) < 4.78 is 24.7. The van der Waals surface area contributed by atoms with Gasteiger partial charge < -0.3 is 25.0 Å². The van der Waals surface area contributed by atoms with Crippen LogP contribution in [0.5, 0.6) is 0 Å². The molecule has 2 aromatic carbocycles. The number of amidine groups is 1. The van der Waals surface area contributed by atoms with Gasteiger partial charge in [0.15, 0.2) is 10.8 Å². The molecule has 1 unspecified atom stereocenters. The molecule has 16 heteroatoms. The van der Waals surface area contributed by atoms with Crippen LogP contribution in [0.15, 0.2) is 70.3 Å². The van der Waals surface area contributed by atoms with Crippen molar-refractivity contribution in [3.8, 4) is 0 Å². The normalized spacial score (nSPS) is 19.7. The highest BCUT2D eigenvalue weighted by molar-refractivity contribution is 7.11. The lowest BCUT2D eigenvalue weighted by Crippen LogP contribution is -2.53. The predicted molar refractivity (Wildman–Crippen MR) is 199 cm³/mol. The molecule has 0 spiro atoms. The molecule has 0 saturated carbocycles. The van der Waals surface area contributed by atoms with E-state index in [4.69, 9.17) is 26.1 Å². The molecule has 2 N–H and O–H groups in total. The third kappa shape index (κ3) is 8.69. The number of rotatable bonds is 10. The summed E-state index contributed by atoms with van der Waals surface area (Å²) in [5, 5.41) is 8.67. The Morgan fingerprint density at radius 2 is 1.94 bits per heavy atom.